The van der Waals surface area contributed by atoms with Crippen LogP contribution in [0.5, 0.6) is 0 Å². The first-order valence-corrected chi connectivity index (χ1v) is 4.46. The second kappa shape index (κ2) is 4.30. The lowest BCUT2D eigenvalue weighted by molar-refractivity contribution is 0.333. The fraction of sp³-hybridized carbons (Fsp3) is 0.857. The first-order chi connectivity index (χ1) is 5.24. The van der Waals surface area contributed by atoms with Gasteiger partial charge in [-0.2, -0.15) is 0 Å². The summed E-state index contributed by atoms with van der Waals surface area (Å²) in [6.45, 7) is 5.26. The summed E-state index contributed by atoms with van der Waals surface area (Å²) >= 11 is 5.16. The van der Waals surface area contributed by atoms with Crippen molar-refractivity contribution in [3.8, 4) is 0 Å². The first kappa shape index (κ1) is 9.32. The van der Waals surface area contributed by atoms with E-state index in [-0.39, 0.29) is 5.50 Å². The van der Waals surface area contributed by atoms with Gasteiger partial charge in [0.15, 0.2) is 0 Å². The Morgan fingerprint density at radius 1 is 1.64 bits per heavy atom. The SMILES string of the molecule is CCCCN1[CH]N(C)NC1[S-]. The summed E-state index contributed by atoms with van der Waals surface area (Å²) in [5.41, 5.74) is 3.14. The molecule has 1 radical (unpaired) electrons. The molecule has 0 aliphatic carbocycles. The second-order valence-corrected chi connectivity index (χ2v) is 3.25. The van der Waals surface area contributed by atoms with Crippen LogP contribution in [0, 0.1) is 6.67 Å². The molecule has 1 atom stereocenters. The van der Waals surface area contributed by atoms with Crippen molar-refractivity contribution in [2.24, 2.45) is 0 Å². The summed E-state index contributed by atoms with van der Waals surface area (Å²) in [5, 5.41) is 1.91. The van der Waals surface area contributed by atoms with Gasteiger partial charge in [-0.3, -0.25) is 10.3 Å². The first-order valence-electron chi connectivity index (χ1n) is 3.99. The predicted molar refractivity (Wildman–Crippen MR) is 48.0 cm³/mol. The zero-order valence-electron chi connectivity index (χ0n) is 7.08. The maximum atomic E-state index is 5.16. The molecule has 3 nitrogen and oxygen atoms in total. The van der Waals surface area contributed by atoms with Gasteiger partial charge in [-0.15, -0.1) is 0 Å². The largest absolute Gasteiger partial charge is 0.757 e. The Hall–Kier alpha value is 0.230. The molecular formula is C7H15N3S-. The van der Waals surface area contributed by atoms with Gasteiger partial charge in [0.25, 0.3) is 0 Å². The van der Waals surface area contributed by atoms with Gasteiger partial charge in [0.2, 0.25) is 0 Å². The molecule has 11 heavy (non-hydrogen) atoms. The highest BCUT2D eigenvalue weighted by atomic mass is 32.1. The maximum Gasteiger partial charge on any atom is 0.106 e. The van der Waals surface area contributed by atoms with Crippen LogP contribution in [-0.2, 0) is 12.6 Å². The molecule has 1 saturated heterocycles. The van der Waals surface area contributed by atoms with Crippen molar-refractivity contribution in [1.29, 1.82) is 0 Å². The van der Waals surface area contributed by atoms with Crippen molar-refractivity contribution >= 4 is 12.6 Å². The van der Waals surface area contributed by atoms with Gasteiger partial charge >= 0.3 is 0 Å². The zero-order valence-corrected chi connectivity index (χ0v) is 7.90. The minimum Gasteiger partial charge on any atom is -0.757 e. The van der Waals surface area contributed by atoms with Crippen LogP contribution in [0.2, 0.25) is 0 Å². The van der Waals surface area contributed by atoms with E-state index in [2.05, 4.69) is 17.2 Å². The average Bonchev–Trinajstić information content (AvgIpc) is 2.26. The zero-order chi connectivity index (χ0) is 8.27. The molecule has 0 aromatic carbocycles. The lowest BCUT2D eigenvalue weighted by atomic mass is 10.3. The van der Waals surface area contributed by atoms with E-state index in [9.17, 15) is 0 Å². The molecule has 1 aliphatic heterocycles. The van der Waals surface area contributed by atoms with Crippen LogP contribution in [0.1, 0.15) is 19.8 Å². The van der Waals surface area contributed by atoms with Gasteiger partial charge in [0, 0.05) is 7.05 Å². The molecule has 1 aliphatic rings. The summed E-state index contributed by atoms with van der Waals surface area (Å²) in [7, 11) is 1.96. The molecule has 1 fully saturated rings. The number of unbranched alkanes of at least 4 members (excludes halogenated alkanes) is 1. The Morgan fingerprint density at radius 2 is 2.36 bits per heavy atom. The van der Waals surface area contributed by atoms with E-state index in [0.29, 0.717) is 0 Å². The van der Waals surface area contributed by atoms with Gasteiger partial charge in [-0.05, 0) is 18.5 Å². The van der Waals surface area contributed by atoms with Crippen LogP contribution in [0.25, 0.3) is 0 Å². The van der Waals surface area contributed by atoms with Gasteiger partial charge in [0.05, 0.1) is 0 Å². The van der Waals surface area contributed by atoms with Crippen molar-refractivity contribution in [3.05, 3.63) is 6.67 Å². The lowest BCUT2D eigenvalue weighted by Crippen LogP contribution is -2.35. The van der Waals surface area contributed by atoms with Crippen LogP contribution >= 0.6 is 0 Å². The summed E-state index contributed by atoms with van der Waals surface area (Å²) in [4.78, 5) is 2.14. The molecule has 0 saturated carbocycles. The fourth-order valence-corrected chi connectivity index (χ4v) is 1.41. The molecule has 1 heterocycles. The molecule has 0 spiro atoms. The topological polar surface area (TPSA) is 18.5 Å². The van der Waals surface area contributed by atoms with E-state index < -0.39 is 0 Å². The monoisotopic (exact) mass is 173 g/mol. The lowest BCUT2D eigenvalue weighted by Gasteiger charge is -2.26. The van der Waals surface area contributed by atoms with E-state index in [1.165, 1.54) is 12.8 Å². The molecule has 65 valence electrons. The van der Waals surface area contributed by atoms with Crippen molar-refractivity contribution in [3.63, 3.8) is 0 Å². The smallest absolute Gasteiger partial charge is 0.106 e. The van der Waals surface area contributed by atoms with Crippen LogP contribution in [0.3, 0.4) is 0 Å². The molecule has 1 unspecified atom stereocenters. The number of hydrogen-bond donors (Lipinski definition) is 1. The van der Waals surface area contributed by atoms with Crippen LogP contribution in [0.4, 0.5) is 0 Å². The molecule has 0 aromatic rings. The number of nitrogens with one attached hydrogen (secondary N) is 1. The minimum absolute atomic E-state index is 0.0477. The quantitative estimate of drug-likeness (QED) is 0.626. The minimum atomic E-state index is 0.0477. The van der Waals surface area contributed by atoms with E-state index in [0.717, 1.165) is 6.54 Å². The molecule has 4 heteroatoms. The number of hydrazine groups is 1. The Balaban J connectivity index is 2.23. The van der Waals surface area contributed by atoms with E-state index >= 15 is 0 Å². The van der Waals surface area contributed by atoms with Crippen LogP contribution in [-0.4, -0.2) is 29.0 Å². The Kier molecular flexibility index (Phi) is 3.65. The third-order valence-corrected chi connectivity index (χ3v) is 2.08. The highest BCUT2D eigenvalue weighted by molar-refractivity contribution is 7.59. The fourth-order valence-electron chi connectivity index (χ4n) is 1.08. The highest BCUT2D eigenvalue weighted by Crippen LogP contribution is 2.09. The van der Waals surface area contributed by atoms with Gasteiger partial charge < -0.3 is 12.6 Å². The predicted octanol–water partition coefficient (Wildman–Crippen LogP) is 0.488. The Labute approximate surface area is 74.1 Å². The maximum absolute atomic E-state index is 5.16. The number of rotatable bonds is 3. The van der Waals surface area contributed by atoms with E-state index in [4.69, 9.17) is 12.6 Å². The molecule has 0 amide bonds. The molecule has 0 bridgehead atoms. The van der Waals surface area contributed by atoms with Gasteiger partial charge in [0.1, 0.15) is 6.67 Å². The van der Waals surface area contributed by atoms with E-state index in [1.54, 1.807) is 0 Å². The normalized spacial score (nSPS) is 28.1. The standard InChI is InChI=1S/C7H16N3S/c1-3-4-5-10-6-9(2)8-7(10)11/h6-8,11H,3-5H2,1-2H3/p-1. The van der Waals surface area contributed by atoms with Crippen molar-refractivity contribution in [2.45, 2.75) is 25.3 Å². The van der Waals surface area contributed by atoms with Gasteiger partial charge in [-0.1, -0.05) is 13.3 Å². The number of hydrogen-bond acceptors (Lipinski definition) is 4. The highest BCUT2D eigenvalue weighted by Gasteiger charge is 2.17. The summed E-state index contributed by atoms with van der Waals surface area (Å²) in [6.07, 6.45) is 2.43. The van der Waals surface area contributed by atoms with Crippen molar-refractivity contribution < 1.29 is 0 Å². The van der Waals surface area contributed by atoms with E-state index in [1.807, 2.05) is 18.7 Å². The van der Waals surface area contributed by atoms with Gasteiger partial charge in [-0.25, -0.2) is 5.01 Å². The Bertz CT molecular complexity index is 120. The summed E-state index contributed by atoms with van der Waals surface area (Å²) in [6, 6.07) is 0. The molecule has 1 rings (SSSR count). The van der Waals surface area contributed by atoms with Crippen molar-refractivity contribution in [2.75, 3.05) is 13.6 Å². The van der Waals surface area contributed by atoms with Crippen LogP contribution in [0.15, 0.2) is 0 Å². The molecule has 0 aromatic heterocycles. The second-order valence-electron chi connectivity index (χ2n) is 2.80. The summed E-state index contributed by atoms with van der Waals surface area (Å²) in [5.74, 6) is 0. The third-order valence-electron chi connectivity index (χ3n) is 1.71. The molecular weight excluding hydrogens is 158 g/mol. The number of nitrogens with zero attached hydrogens (tertiary/aromatic N) is 2. The Morgan fingerprint density at radius 3 is 2.82 bits per heavy atom. The third kappa shape index (κ3) is 2.63. The van der Waals surface area contributed by atoms with Crippen LogP contribution < -0.4 is 5.43 Å². The molecule has 1 N–H and O–H groups in total. The van der Waals surface area contributed by atoms with Crippen molar-refractivity contribution in [1.82, 2.24) is 15.3 Å². The summed E-state index contributed by atoms with van der Waals surface area (Å²) < 4.78 is 0. The average molecular weight is 173 g/mol.